The molecule has 4 heteroatoms. The van der Waals surface area contributed by atoms with Crippen LogP contribution in [0.3, 0.4) is 0 Å². The van der Waals surface area contributed by atoms with Gasteiger partial charge in [0.2, 0.25) is 5.91 Å². The zero-order valence-electron chi connectivity index (χ0n) is 11.5. The van der Waals surface area contributed by atoms with E-state index in [0.29, 0.717) is 30.7 Å². The predicted octanol–water partition coefficient (Wildman–Crippen LogP) is 2.33. The molecule has 17 heavy (non-hydrogen) atoms. The normalized spacial score (nSPS) is 20.4. The molecule has 1 amide bonds. The molecule has 3 nitrogen and oxygen atoms in total. The fourth-order valence-electron chi connectivity index (χ4n) is 1.94. The van der Waals surface area contributed by atoms with Gasteiger partial charge in [-0.25, -0.2) is 0 Å². The number of nitrogens with one attached hydrogen (secondary N) is 1. The maximum Gasteiger partial charge on any atom is 0.220 e. The van der Waals surface area contributed by atoms with E-state index in [9.17, 15) is 4.79 Å². The summed E-state index contributed by atoms with van der Waals surface area (Å²) < 4.78 is 0. The van der Waals surface area contributed by atoms with Gasteiger partial charge in [0.05, 0.1) is 5.54 Å². The lowest BCUT2D eigenvalue weighted by Gasteiger charge is -2.30. The molecule has 102 valence electrons. The Morgan fingerprint density at radius 2 is 1.94 bits per heavy atom. The molecule has 2 unspecified atom stereocenters. The first kappa shape index (κ1) is 16.7. The molecule has 0 radical (unpaired) electrons. The van der Waals surface area contributed by atoms with Gasteiger partial charge in [0.25, 0.3) is 0 Å². The van der Waals surface area contributed by atoms with E-state index in [2.05, 4.69) is 33.0 Å². The molecule has 2 atom stereocenters. The molecular formula is C13H27ClN2O. The molecule has 0 bridgehead atoms. The minimum Gasteiger partial charge on any atom is -0.349 e. The molecule has 1 fully saturated rings. The molecule has 0 aromatic carbocycles. The Labute approximate surface area is 111 Å². The van der Waals surface area contributed by atoms with Crippen LogP contribution in [0.25, 0.3) is 0 Å². The Balaban J connectivity index is 0.00000256. The molecule has 1 rings (SSSR count). The minimum absolute atomic E-state index is 0. The van der Waals surface area contributed by atoms with Crippen LogP contribution in [0.5, 0.6) is 0 Å². The van der Waals surface area contributed by atoms with Crippen molar-refractivity contribution in [3.05, 3.63) is 0 Å². The molecule has 1 saturated carbocycles. The molecule has 3 N–H and O–H groups in total. The van der Waals surface area contributed by atoms with Gasteiger partial charge in [-0.1, -0.05) is 20.8 Å². The number of halogens is 1. The van der Waals surface area contributed by atoms with Crippen LogP contribution in [-0.4, -0.2) is 18.0 Å². The van der Waals surface area contributed by atoms with Crippen molar-refractivity contribution in [2.24, 2.45) is 23.5 Å². The first-order valence-corrected chi connectivity index (χ1v) is 6.40. The van der Waals surface area contributed by atoms with Gasteiger partial charge >= 0.3 is 0 Å². The second-order valence-electron chi connectivity index (χ2n) is 5.87. The average Bonchev–Trinajstić information content (AvgIpc) is 3.00. The van der Waals surface area contributed by atoms with Crippen molar-refractivity contribution in [3.63, 3.8) is 0 Å². The second-order valence-corrected chi connectivity index (χ2v) is 5.87. The van der Waals surface area contributed by atoms with Crippen molar-refractivity contribution < 1.29 is 4.79 Å². The molecule has 0 saturated heterocycles. The zero-order valence-corrected chi connectivity index (χ0v) is 12.3. The summed E-state index contributed by atoms with van der Waals surface area (Å²) in [6.07, 6.45) is 3.02. The summed E-state index contributed by atoms with van der Waals surface area (Å²) in [5.41, 5.74) is 5.60. The van der Waals surface area contributed by atoms with E-state index in [4.69, 9.17) is 5.73 Å². The molecule has 1 aliphatic carbocycles. The Morgan fingerprint density at radius 3 is 2.29 bits per heavy atom. The number of nitrogens with two attached hydrogens (primary N) is 1. The van der Waals surface area contributed by atoms with E-state index in [1.807, 2.05) is 0 Å². The average molecular weight is 263 g/mol. The summed E-state index contributed by atoms with van der Waals surface area (Å²) in [7, 11) is 0. The fraction of sp³-hybridized carbons (Fsp3) is 0.923. The highest BCUT2D eigenvalue weighted by Crippen LogP contribution is 2.39. The largest absolute Gasteiger partial charge is 0.349 e. The number of hydrogen-bond donors (Lipinski definition) is 2. The SMILES string of the molecule is CC(C)C(C)CC(=O)NC(C)(CN)C1CC1.Cl. The van der Waals surface area contributed by atoms with E-state index < -0.39 is 0 Å². The Morgan fingerprint density at radius 1 is 1.41 bits per heavy atom. The summed E-state index contributed by atoms with van der Waals surface area (Å²) in [6, 6.07) is 0. The molecule has 0 aliphatic heterocycles. The number of carbonyl (C=O) groups excluding carboxylic acids is 1. The van der Waals surface area contributed by atoms with Crippen LogP contribution in [0.15, 0.2) is 0 Å². The standard InChI is InChI=1S/C13H26N2O.ClH/c1-9(2)10(3)7-12(16)15-13(4,8-14)11-5-6-11;/h9-11H,5-8,14H2,1-4H3,(H,15,16);1H. The van der Waals surface area contributed by atoms with Gasteiger partial charge in [0.1, 0.15) is 0 Å². The van der Waals surface area contributed by atoms with Gasteiger partial charge in [-0.3, -0.25) is 4.79 Å². The van der Waals surface area contributed by atoms with Crippen LogP contribution in [0, 0.1) is 17.8 Å². The molecule has 0 aromatic heterocycles. The molecule has 1 aliphatic rings. The summed E-state index contributed by atoms with van der Waals surface area (Å²) in [4.78, 5) is 11.9. The summed E-state index contributed by atoms with van der Waals surface area (Å²) in [5, 5.41) is 3.13. The van der Waals surface area contributed by atoms with E-state index in [1.54, 1.807) is 0 Å². The second kappa shape index (κ2) is 6.60. The number of hydrogen-bond acceptors (Lipinski definition) is 2. The Bertz CT molecular complexity index is 254. The van der Waals surface area contributed by atoms with Crippen molar-refractivity contribution in [3.8, 4) is 0 Å². The maximum absolute atomic E-state index is 11.9. The first-order valence-electron chi connectivity index (χ1n) is 6.40. The molecule has 0 aromatic rings. The lowest BCUT2D eigenvalue weighted by molar-refractivity contribution is -0.124. The van der Waals surface area contributed by atoms with Gasteiger partial charge in [-0.05, 0) is 37.5 Å². The maximum atomic E-state index is 11.9. The van der Waals surface area contributed by atoms with E-state index in [1.165, 1.54) is 12.8 Å². The third-order valence-corrected chi connectivity index (χ3v) is 3.97. The fourth-order valence-corrected chi connectivity index (χ4v) is 1.94. The van der Waals surface area contributed by atoms with Gasteiger partial charge in [0, 0.05) is 13.0 Å². The topological polar surface area (TPSA) is 55.1 Å². The van der Waals surface area contributed by atoms with Gasteiger partial charge < -0.3 is 11.1 Å². The number of amides is 1. The Hall–Kier alpha value is -0.280. The Kier molecular flexibility index (Phi) is 6.49. The first-order chi connectivity index (χ1) is 7.39. The minimum atomic E-state index is -0.173. The highest BCUT2D eigenvalue weighted by Gasteiger charge is 2.41. The van der Waals surface area contributed by atoms with Crippen molar-refractivity contribution in [1.29, 1.82) is 0 Å². The number of rotatable bonds is 6. The zero-order chi connectivity index (χ0) is 12.3. The van der Waals surface area contributed by atoms with Gasteiger partial charge in [0.15, 0.2) is 0 Å². The lowest BCUT2D eigenvalue weighted by atomic mass is 9.92. The highest BCUT2D eigenvalue weighted by molar-refractivity contribution is 5.85. The smallest absolute Gasteiger partial charge is 0.220 e. The quantitative estimate of drug-likeness (QED) is 0.772. The summed E-state index contributed by atoms with van der Waals surface area (Å²) in [5.74, 6) is 1.73. The summed E-state index contributed by atoms with van der Waals surface area (Å²) in [6.45, 7) is 9.05. The molecule has 0 spiro atoms. The predicted molar refractivity (Wildman–Crippen MR) is 74.2 cm³/mol. The van der Waals surface area contributed by atoms with E-state index in [-0.39, 0.29) is 23.9 Å². The van der Waals surface area contributed by atoms with Crippen molar-refractivity contribution in [2.75, 3.05) is 6.54 Å². The van der Waals surface area contributed by atoms with Crippen molar-refractivity contribution in [2.45, 2.75) is 52.5 Å². The van der Waals surface area contributed by atoms with Crippen LogP contribution >= 0.6 is 12.4 Å². The third-order valence-electron chi connectivity index (χ3n) is 3.97. The monoisotopic (exact) mass is 262 g/mol. The van der Waals surface area contributed by atoms with E-state index >= 15 is 0 Å². The van der Waals surface area contributed by atoms with Gasteiger partial charge in [-0.15, -0.1) is 12.4 Å². The van der Waals surface area contributed by atoms with Gasteiger partial charge in [-0.2, -0.15) is 0 Å². The number of carbonyl (C=O) groups is 1. The van der Waals surface area contributed by atoms with Crippen LogP contribution in [0.1, 0.15) is 47.0 Å². The molecule has 0 heterocycles. The van der Waals surface area contributed by atoms with Crippen molar-refractivity contribution >= 4 is 18.3 Å². The van der Waals surface area contributed by atoms with Crippen LogP contribution in [0.2, 0.25) is 0 Å². The van der Waals surface area contributed by atoms with Crippen LogP contribution in [0.4, 0.5) is 0 Å². The molecular weight excluding hydrogens is 236 g/mol. The lowest BCUT2D eigenvalue weighted by Crippen LogP contribution is -2.53. The third kappa shape index (κ3) is 4.84. The van der Waals surface area contributed by atoms with Crippen molar-refractivity contribution in [1.82, 2.24) is 5.32 Å². The van der Waals surface area contributed by atoms with Crippen LogP contribution < -0.4 is 11.1 Å². The van der Waals surface area contributed by atoms with Crippen LogP contribution in [-0.2, 0) is 4.79 Å². The van der Waals surface area contributed by atoms with E-state index in [0.717, 1.165) is 0 Å². The highest BCUT2D eigenvalue weighted by atomic mass is 35.5. The summed E-state index contributed by atoms with van der Waals surface area (Å²) >= 11 is 0.